The summed E-state index contributed by atoms with van der Waals surface area (Å²) in [5.41, 5.74) is 2.60. The summed E-state index contributed by atoms with van der Waals surface area (Å²) in [4.78, 5) is 45.6. The quantitative estimate of drug-likeness (QED) is 0.201. The summed E-state index contributed by atoms with van der Waals surface area (Å²) in [6, 6.07) is 10.6. The minimum Gasteiger partial charge on any atom is -0.447 e. The molecule has 3 heterocycles. The minimum absolute atomic E-state index is 0.0776. The molecule has 2 bridgehead atoms. The lowest BCUT2D eigenvalue weighted by molar-refractivity contribution is -0.129. The summed E-state index contributed by atoms with van der Waals surface area (Å²) in [6.45, 7) is 8.11. The lowest BCUT2D eigenvalue weighted by Crippen LogP contribution is -2.38. The number of nitrogens with one attached hydrogen (secondary N) is 2. The number of carbonyl (C=O) groups is 3. The lowest BCUT2D eigenvalue weighted by atomic mass is 9.92. The molecule has 1 unspecified atom stereocenters. The fourth-order valence-electron chi connectivity index (χ4n) is 5.86. The van der Waals surface area contributed by atoms with Crippen molar-refractivity contribution in [2.75, 3.05) is 30.4 Å². The normalized spacial score (nSPS) is 18.6. The van der Waals surface area contributed by atoms with Crippen LogP contribution in [0.3, 0.4) is 0 Å². The standard InChI is InChI=1S/C36H39ClF2N4O5/c1-21-6-5-7-30(43-15-13-23(19-31(43)44)32-27(38)11-10-26(37)33(32)39)29-18-22(12-14-40-29)25-9-8-24(20-28(25)42-34(21)45)41-35(46)47-16-17-48-36(2,3)4/h8-12,14,18-21,30H,5-7,13,15-17H2,1-4H3,(H,41,46)(H,42,45)/t21?,30-/m0/s1. The third-order valence-electron chi connectivity index (χ3n) is 8.32. The van der Waals surface area contributed by atoms with E-state index in [1.807, 2.05) is 33.8 Å². The van der Waals surface area contributed by atoms with Gasteiger partial charge in [-0.15, -0.1) is 0 Å². The van der Waals surface area contributed by atoms with Crippen LogP contribution in [0.1, 0.15) is 70.7 Å². The number of ether oxygens (including phenoxy) is 2. The van der Waals surface area contributed by atoms with Gasteiger partial charge in [0.05, 0.1) is 40.2 Å². The Morgan fingerprint density at radius 3 is 2.65 bits per heavy atom. The van der Waals surface area contributed by atoms with E-state index in [1.165, 1.54) is 6.08 Å². The van der Waals surface area contributed by atoms with Crippen LogP contribution in [0, 0.1) is 17.6 Å². The molecule has 0 spiro atoms. The van der Waals surface area contributed by atoms with Gasteiger partial charge >= 0.3 is 6.09 Å². The second-order valence-corrected chi connectivity index (χ2v) is 13.4. The third-order valence-corrected chi connectivity index (χ3v) is 8.61. The van der Waals surface area contributed by atoms with Gasteiger partial charge in [0, 0.05) is 36.0 Å². The first kappa shape index (κ1) is 35.0. The fraction of sp³-hybridized carbons (Fsp3) is 0.389. The molecule has 2 aromatic carbocycles. The van der Waals surface area contributed by atoms with Crippen LogP contribution < -0.4 is 10.6 Å². The van der Waals surface area contributed by atoms with Crippen LogP contribution in [0.5, 0.6) is 0 Å². The number of benzene rings is 2. The van der Waals surface area contributed by atoms with Crippen molar-refractivity contribution in [3.8, 4) is 11.1 Å². The van der Waals surface area contributed by atoms with E-state index < -0.39 is 29.7 Å². The minimum atomic E-state index is -0.892. The van der Waals surface area contributed by atoms with Gasteiger partial charge in [0.25, 0.3) is 0 Å². The number of rotatable bonds is 6. The van der Waals surface area contributed by atoms with Crippen LogP contribution in [-0.4, -0.2) is 53.2 Å². The highest BCUT2D eigenvalue weighted by atomic mass is 35.5. The van der Waals surface area contributed by atoms with E-state index in [4.69, 9.17) is 21.1 Å². The van der Waals surface area contributed by atoms with Crippen LogP contribution >= 0.6 is 11.6 Å². The summed E-state index contributed by atoms with van der Waals surface area (Å²) in [6.07, 6.45) is 4.17. The molecule has 12 heteroatoms. The number of nitrogens with zero attached hydrogens (tertiary/aromatic N) is 2. The molecule has 48 heavy (non-hydrogen) atoms. The van der Waals surface area contributed by atoms with Crippen molar-refractivity contribution >= 4 is 46.5 Å². The van der Waals surface area contributed by atoms with Gasteiger partial charge in [0.1, 0.15) is 12.4 Å². The Kier molecular flexibility index (Phi) is 10.8. The van der Waals surface area contributed by atoms with Crippen molar-refractivity contribution in [3.05, 3.63) is 82.7 Å². The number of amides is 3. The van der Waals surface area contributed by atoms with E-state index in [0.717, 1.165) is 17.7 Å². The summed E-state index contributed by atoms with van der Waals surface area (Å²) in [7, 11) is 0. The molecule has 2 aliphatic rings. The van der Waals surface area contributed by atoms with Gasteiger partial charge < -0.3 is 19.7 Å². The lowest BCUT2D eigenvalue weighted by Gasteiger charge is -2.34. The monoisotopic (exact) mass is 680 g/mol. The van der Waals surface area contributed by atoms with Crippen molar-refractivity contribution in [1.82, 2.24) is 9.88 Å². The smallest absolute Gasteiger partial charge is 0.411 e. The van der Waals surface area contributed by atoms with Crippen molar-refractivity contribution in [2.45, 2.75) is 65.0 Å². The molecule has 0 fully saturated rings. The SMILES string of the molecule is CC1CCC[C@H](N2CCC(c3c(F)ccc(Cl)c3F)=CC2=O)c2cc(ccn2)-c2ccc(NC(=O)OCCOC(C)(C)C)cc2NC1=O. The molecular weight excluding hydrogens is 642 g/mol. The first-order valence-corrected chi connectivity index (χ1v) is 16.3. The molecule has 2 N–H and O–H groups in total. The molecule has 0 saturated carbocycles. The average molecular weight is 681 g/mol. The molecule has 9 nitrogen and oxygen atoms in total. The summed E-state index contributed by atoms with van der Waals surface area (Å²) in [5.74, 6) is -2.61. The number of fused-ring (bicyclic) bond motifs is 4. The van der Waals surface area contributed by atoms with E-state index in [2.05, 4.69) is 15.6 Å². The number of carbonyl (C=O) groups excluding carboxylic acids is 3. The predicted octanol–water partition coefficient (Wildman–Crippen LogP) is 8.16. The Morgan fingerprint density at radius 2 is 1.90 bits per heavy atom. The number of hydrogen-bond donors (Lipinski definition) is 2. The molecule has 0 radical (unpaired) electrons. The first-order chi connectivity index (χ1) is 22.8. The molecule has 254 valence electrons. The van der Waals surface area contributed by atoms with Gasteiger partial charge in [-0.3, -0.25) is 19.9 Å². The highest BCUT2D eigenvalue weighted by Crippen LogP contribution is 2.38. The Labute approximate surface area is 283 Å². The number of pyridine rings is 1. The zero-order valence-electron chi connectivity index (χ0n) is 27.4. The van der Waals surface area contributed by atoms with Crippen LogP contribution in [0.4, 0.5) is 25.0 Å². The maximum Gasteiger partial charge on any atom is 0.411 e. The number of anilines is 2. The van der Waals surface area contributed by atoms with Crippen LogP contribution in [0.2, 0.25) is 5.02 Å². The molecular formula is C36H39ClF2N4O5. The number of hydrogen-bond acceptors (Lipinski definition) is 6. The van der Waals surface area contributed by atoms with Gasteiger partial charge in [-0.25, -0.2) is 13.6 Å². The predicted molar refractivity (Wildman–Crippen MR) is 180 cm³/mol. The topological polar surface area (TPSA) is 110 Å². The third kappa shape index (κ3) is 8.38. The van der Waals surface area contributed by atoms with E-state index in [0.29, 0.717) is 41.9 Å². The van der Waals surface area contributed by atoms with Gasteiger partial charge in [0.15, 0.2) is 5.82 Å². The van der Waals surface area contributed by atoms with E-state index in [1.54, 1.807) is 35.4 Å². The second-order valence-electron chi connectivity index (χ2n) is 13.0. The second kappa shape index (κ2) is 14.8. The van der Waals surface area contributed by atoms with Crippen LogP contribution in [-0.2, 0) is 19.1 Å². The van der Waals surface area contributed by atoms with Crippen molar-refractivity contribution in [3.63, 3.8) is 0 Å². The molecule has 2 aliphatic heterocycles. The largest absolute Gasteiger partial charge is 0.447 e. The van der Waals surface area contributed by atoms with Gasteiger partial charge in [0.2, 0.25) is 11.8 Å². The van der Waals surface area contributed by atoms with Crippen LogP contribution in [0.25, 0.3) is 16.7 Å². The van der Waals surface area contributed by atoms with Crippen molar-refractivity contribution < 1.29 is 32.6 Å². The zero-order chi connectivity index (χ0) is 34.6. The molecule has 5 rings (SSSR count). The molecule has 0 aliphatic carbocycles. The number of halogens is 3. The molecule has 3 aromatic rings. The van der Waals surface area contributed by atoms with E-state index in [-0.39, 0.29) is 59.8 Å². The zero-order valence-corrected chi connectivity index (χ0v) is 28.1. The van der Waals surface area contributed by atoms with Gasteiger partial charge in [-0.2, -0.15) is 0 Å². The molecule has 3 amide bonds. The summed E-state index contributed by atoms with van der Waals surface area (Å²) >= 11 is 5.91. The summed E-state index contributed by atoms with van der Waals surface area (Å²) in [5, 5.41) is 5.51. The van der Waals surface area contributed by atoms with Crippen molar-refractivity contribution in [1.29, 1.82) is 0 Å². The summed E-state index contributed by atoms with van der Waals surface area (Å²) < 4.78 is 40.2. The van der Waals surface area contributed by atoms with Gasteiger partial charge in [-0.1, -0.05) is 31.0 Å². The average Bonchev–Trinajstić information content (AvgIpc) is 3.03. The van der Waals surface area contributed by atoms with Crippen molar-refractivity contribution in [2.24, 2.45) is 5.92 Å². The van der Waals surface area contributed by atoms with Gasteiger partial charge in [-0.05, 0) is 87.6 Å². The maximum absolute atomic E-state index is 14.8. The highest BCUT2D eigenvalue weighted by molar-refractivity contribution is 6.31. The highest BCUT2D eigenvalue weighted by Gasteiger charge is 2.31. The Balaban J connectivity index is 1.42. The van der Waals surface area contributed by atoms with Crippen LogP contribution in [0.15, 0.2) is 54.7 Å². The molecule has 1 aromatic heterocycles. The van der Waals surface area contributed by atoms with E-state index in [9.17, 15) is 23.2 Å². The Bertz CT molecular complexity index is 1740. The van der Waals surface area contributed by atoms with E-state index >= 15 is 0 Å². The first-order valence-electron chi connectivity index (χ1n) is 15.9. The Morgan fingerprint density at radius 1 is 1.10 bits per heavy atom. The number of aromatic nitrogens is 1. The fourth-order valence-corrected chi connectivity index (χ4v) is 6.02. The Hall–Kier alpha value is -4.35. The molecule has 2 atom stereocenters. The molecule has 0 saturated heterocycles. The maximum atomic E-state index is 14.8.